The lowest BCUT2D eigenvalue weighted by Crippen LogP contribution is -2.30. The minimum atomic E-state index is -0.793. The first-order valence-electron chi connectivity index (χ1n) is 32.7. The van der Waals surface area contributed by atoms with Gasteiger partial charge in [0.2, 0.25) is 0 Å². The second-order valence-electron chi connectivity index (χ2n) is 21.6. The molecule has 1 unspecified atom stereocenters. The fourth-order valence-corrected chi connectivity index (χ4v) is 9.14. The monoisotopic (exact) mass is 1070 g/mol. The lowest BCUT2D eigenvalue weighted by atomic mass is 10.1. The van der Waals surface area contributed by atoms with Crippen LogP contribution in [0.25, 0.3) is 0 Å². The van der Waals surface area contributed by atoms with Crippen molar-refractivity contribution in [3.63, 3.8) is 0 Å². The molecular weight excluding hydrogens is 949 g/mol. The molecule has 0 amide bonds. The number of carbonyl (C=O) groups is 3. The van der Waals surface area contributed by atoms with Crippen molar-refractivity contribution in [2.45, 2.75) is 322 Å². The van der Waals surface area contributed by atoms with Crippen molar-refractivity contribution in [2.75, 3.05) is 13.2 Å². The summed E-state index contributed by atoms with van der Waals surface area (Å²) in [5.74, 6) is -0.904. The van der Waals surface area contributed by atoms with Gasteiger partial charge in [-0.3, -0.25) is 14.4 Å². The van der Waals surface area contributed by atoms with Gasteiger partial charge < -0.3 is 14.2 Å². The maximum Gasteiger partial charge on any atom is 0.306 e. The molecule has 0 aromatic rings. The van der Waals surface area contributed by atoms with Gasteiger partial charge in [0.05, 0.1) is 0 Å². The van der Waals surface area contributed by atoms with Gasteiger partial charge in [-0.2, -0.15) is 0 Å². The van der Waals surface area contributed by atoms with Gasteiger partial charge in [-0.1, -0.05) is 272 Å². The van der Waals surface area contributed by atoms with E-state index < -0.39 is 6.10 Å². The topological polar surface area (TPSA) is 78.9 Å². The Bertz CT molecular complexity index is 1510. The number of hydrogen-bond donors (Lipinski definition) is 0. The van der Waals surface area contributed by atoms with Gasteiger partial charge in [-0.15, -0.1) is 0 Å². The molecule has 1 atom stereocenters. The zero-order valence-corrected chi connectivity index (χ0v) is 50.7. The van der Waals surface area contributed by atoms with E-state index in [1.165, 1.54) is 161 Å². The van der Waals surface area contributed by atoms with Gasteiger partial charge in [0.25, 0.3) is 0 Å². The van der Waals surface area contributed by atoms with Crippen LogP contribution in [0.1, 0.15) is 316 Å². The van der Waals surface area contributed by atoms with Gasteiger partial charge in [-0.05, 0) is 122 Å². The Kier molecular flexibility index (Phi) is 61.8. The molecule has 0 N–H and O–H groups in total. The number of allylic oxidation sites excluding steroid dienone is 16. The van der Waals surface area contributed by atoms with Crippen molar-refractivity contribution in [3.05, 3.63) is 97.2 Å². The van der Waals surface area contributed by atoms with E-state index in [-0.39, 0.29) is 31.1 Å². The van der Waals surface area contributed by atoms with Crippen molar-refractivity contribution in [1.82, 2.24) is 0 Å². The summed E-state index contributed by atoms with van der Waals surface area (Å²) < 4.78 is 16.9. The number of hydrogen-bond acceptors (Lipinski definition) is 6. The summed E-state index contributed by atoms with van der Waals surface area (Å²) in [4.78, 5) is 38.4. The average Bonchev–Trinajstić information content (AvgIpc) is 3.43. The van der Waals surface area contributed by atoms with Crippen LogP contribution in [0.5, 0.6) is 0 Å². The van der Waals surface area contributed by atoms with Crippen molar-refractivity contribution >= 4 is 17.9 Å². The molecule has 0 radical (unpaired) electrons. The fraction of sp³-hybridized carbons (Fsp3) is 0.732. The molecule has 77 heavy (non-hydrogen) atoms. The molecule has 6 nitrogen and oxygen atoms in total. The normalized spacial score (nSPS) is 12.7. The zero-order valence-electron chi connectivity index (χ0n) is 50.7. The summed E-state index contributed by atoms with van der Waals surface area (Å²) in [5, 5.41) is 0. The van der Waals surface area contributed by atoms with E-state index in [1.807, 2.05) is 0 Å². The Labute approximate surface area is 477 Å². The molecule has 0 saturated carbocycles. The van der Waals surface area contributed by atoms with Crippen LogP contribution in [0.3, 0.4) is 0 Å². The van der Waals surface area contributed by atoms with Gasteiger partial charge in [0.15, 0.2) is 6.10 Å². The lowest BCUT2D eigenvalue weighted by Gasteiger charge is -2.18. The van der Waals surface area contributed by atoms with Crippen LogP contribution in [0.15, 0.2) is 97.2 Å². The summed E-state index contributed by atoms with van der Waals surface area (Å²) >= 11 is 0. The Morgan fingerprint density at radius 2 is 0.506 bits per heavy atom. The third-order valence-corrected chi connectivity index (χ3v) is 14.0. The Balaban J connectivity index is 4.38. The maximum atomic E-state index is 12.9. The molecule has 6 heteroatoms. The minimum absolute atomic E-state index is 0.0877. The first-order valence-corrected chi connectivity index (χ1v) is 32.7. The summed E-state index contributed by atoms with van der Waals surface area (Å²) in [6.07, 6.45) is 86.9. The smallest absolute Gasteiger partial charge is 0.306 e. The summed E-state index contributed by atoms with van der Waals surface area (Å²) in [7, 11) is 0. The minimum Gasteiger partial charge on any atom is -0.462 e. The number of rotatable bonds is 59. The van der Waals surface area contributed by atoms with Crippen molar-refractivity contribution < 1.29 is 28.6 Å². The number of ether oxygens (including phenoxy) is 3. The van der Waals surface area contributed by atoms with E-state index in [4.69, 9.17) is 14.2 Å². The van der Waals surface area contributed by atoms with Gasteiger partial charge in [-0.25, -0.2) is 0 Å². The Morgan fingerprint density at radius 1 is 0.273 bits per heavy atom. The summed E-state index contributed by atoms with van der Waals surface area (Å²) in [6.45, 7) is 6.52. The summed E-state index contributed by atoms with van der Waals surface area (Å²) in [6, 6.07) is 0. The van der Waals surface area contributed by atoms with Gasteiger partial charge in [0, 0.05) is 19.3 Å². The molecule has 0 aliphatic rings. The predicted molar refractivity (Wildman–Crippen MR) is 334 cm³/mol. The number of esters is 3. The predicted octanol–water partition coefficient (Wildman–Crippen LogP) is 22.4. The SMILES string of the molecule is CC/C=C\C/C=C\C/C=C\C/C=C\CCCCCCCCC(=O)OC(COC(=O)CCCCCCC/C=C\CCCCCCCC)COC(=O)CCCCCCCCCCCC/C=C\C/C=C\C/C=C\CCCCCCC. The maximum absolute atomic E-state index is 12.9. The average molecular weight is 1070 g/mol. The third kappa shape index (κ3) is 63.0. The van der Waals surface area contributed by atoms with E-state index in [0.29, 0.717) is 19.3 Å². The van der Waals surface area contributed by atoms with Crippen LogP contribution >= 0.6 is 0 Å². The highest BCUT2D eigenvalue weighted by molar-refractivity contribution is 5.71. The summed E-state index contributed by atoms with van der Waals surface area (Å²) in [5.41, 5.74) is 0. The molecule has 0 aromatic carbocycles. The van der Waals surface area contributed by atoms with Crippen LogP contribution in [0, 0.1) is 0 Å². The molecule has 0 aromatic heterocycles. The fourth-order valence-electron chi connectivity index (χ4n) is 9.14. The van der Waals surface area contributed by atoms with Gasteiger partial charge in [0.1, 0.15) is 13.2 Å². The van der Waals surface area contributed by atoms with Crippen molar-refractivity contribution in [3.8, 4) is 0 Å². The molecule has 0 fully saturated rings. The molecule has 0 saturated heterocycles. The number of unbranched alkanes of at least 4 members (excludes halogenated alkanes) is 32. The number of carbonyl (C=O) groups excluding carboxylic acids is 3. The molecular formula is C71H122O6. The van der Waals surface area contributed by atoms with E-state index >= 15 is 0 Å². The first kappa shape index (κ1) is 73.3. The molecule has 0 heterocycles. The molecule has 0 aliphatic carbocycles. The van der Waals surface area contributed by atoms with Crippen LogP contribution in [0.4, 0.5) is 0 Å². The molecule has 0 aliphatic heterocycles. The van der Waals surface area contributed by atoms with Crippen molar-refractivity contribution in [1.29, 1.82) is 0 Å². The molecule has 0 spiro atoms. The highest BCUT2D eigenvalue weighted by Crippen LogP contribution is 2.16. The van der Waals surface area contributed by atoms with E-state index in [0.717, 1.165) is 116 Å². The second kappa shape index (κ2) is 64.9. The van der Waals surface area contributed by atoms with Crippen LogP contribution in [-0.4, -0.2) is 37.2 Å². The van der Waals surface area contributed by atoms with E-state index in [9.17, 15) is 14.4 Å². The first-order chi connectivity index (χ1) is 38.0. The Hall–Kier alpha value is -3.67. The van der Waals surface area contributed by atoms with Gasteiger partial charge >= 0.3 is 17.9 Å². The zero-order chi connectivity index (χ0) is 55.7. The standard InChI is InChI=1S/C71H122O6/c1-4-7-10-13-16-19-22-25-28-30-32-33-34-35-36-37-39-40-43-46-49-52-55-58-61-64-70(73)76-67-68(66-75-69(72)63-60-57-54-51-48-45-42-27-24-21-18-15-12-9-6-3)77-71(74)65-62-59-56-53-50-47-44-41-38-31-29-26-23-20-17-14-11-8-5-2/h8,11,17,20,22,25-27,29-30,32,34-35,38,41-42,68H,4-7,9-10,12-16,18-19,21,23-24,28,31,33,36-37,39-40,43-67H2,1-3H3/b11-8-,20-17-,25-22-,29-26-,32-30-,35-34-,41-38-,42-27-. The van der Waals surface area contributed by atoms with E-state index in [2.05, 4.69) is 118 Å². The lowest BCUT2D eigenvalue weighted by molar-refractivity contribution is -0.167. The molecule has 442 valence electrons. The highest BCUT2D eigenvalue weighted by Gasteiger charge is 2.19. The Morgan fingerprint density at radius 3 is 0.805 bits per heavy atom. The van der Waals surface area contributed by atoms with E-state index in [1.54, 1.807) is 0 Å². The quantitative estimate of drug-likeness (QED) is 0.0261. The van der Waals surface area contributed by atoms with Crippen LogP contribution in [-0.2, 0) is 28.6 Å². The van der Waals surface area contributed by atoms with Crippen LogP contribution < -0.4 is 0 Å². The van der Waals surface area contributed by atoms with Crippen LogP contribution in [0.2, 0.25) is 0 Å². The third-order valence-electron chi connectivity index (χ3n) is 14.0. The second-order valence-corrected chi connectivity index (χ2v) is 21.6. The molecule has 0 rings (SSSR count). The van der Waals surface area contributed by atoms with Crippen molar-refractivity contribution in [2.24, 2.45) is 0 Å². The largest absolute Gasteiger partial charge is 0.462 e. The molecule has 0 bridgehead atoms. The highest BCUT2D eigenvalue weighted by atomic mass is 16.6.